The Hall–Kier alpha value is -3.68. The van der Waals surface area contributed by atoms with E-state index in [4.69, 9.17) is 20.2 Å². The maximum absolute atomic E-state index is 11.5. The summed E-state index contributed by atoms with van der Waals surface area (Å²) in [6.07, 6.45) is 10.1. The molecule has 3 N–H and O–H groups in total. The summed E-state index contributed by atoms with van der Waals surface area (Å²) in [6, 6.07) is 2.76. The lowest BCUT2D eigenvalue weighted by atomic mass is 10.2. The highest BCUT2D eigenvalue weighted by Crippen LogP contribution is 2.26. The predicted octanol–water partition coefficient (Wildman–Crippen LogP) is 0.120. The first-order valence-electron chi connectivity index (χ1n) is 10.6. The van der Waals surface area contributed by atoms with Gasteiger partial charge in [0.05, 0.1) is 24.7 Å². The summed E-state index contributed by atoms with van der Waals surface area (Å²) in [5.41, 5.74) is 0.765. The first kappa shape index (κ1) is 19.3. The van der Waals surface area contributed by atoms with Gasteiger partial charge in [-0.25, -0.2) is 9.79 Å². The average Bonchev–Trinajstić information content (AvgIpc) is 3.12. The summed E-state index contributed by atoms with van der Waals surface area (Å²) in [5, 5.41) is 24.1. The van der Waals surface area contributed by atoms with Crippen LogP contribution in [0.5, 0.6) is 5.88 Å². The Labute approximate surface area is 176 Å². The first-order valence-corrected chi connectivity index (χ1v) is 10.6. The third kappa shape index (κ3) is 3.88. The predicted molar refractivity (Wildman–Crippen MR) is 111 cm³/mol. The summed E-state index contributed by atoms with van der Waals surface area (Å²) in [5.74, 6) is 0.291. The Balaban J connectivity index is 1.69. The SMILES string of the molecule is N#CCCN(c1nc(=NC2CC2)n2nc/c(=C\c3[nH]c(=O)[nH]c3O)c2n1)C1CCCC1. The number of nitrogens with zero attached hydrogens (tertiary/aromatic N) is 7. The van der Waals surface area contributed by atoms with Crippen LogP contribution in [0, 0.1) is 11.3 Å². The van der Waals surface area contributed by atoms with Crippen LogP contribution in [0.3, 0.4) is 0 Å². The summed E-state index contributed by atoms with van der Waals surface area (Å²) >= 11 is 0. The van der Waals surface area contributed by atoms with E-state index in [1.165, 1.54) is 0 Å². The van der Waals surface area contributed by atoms with Crippen LogP contribution in [-0.2, 0) is 0 Å². The largest absolute Gasteiger partial charge is 0.493 e. The van der Waals surface area contributed by atoms with E-state index < -0.39 is 5.69 Å². The highest BCUT2D eigenvalue weighted by molar-refractivity contribution is 5.57. The van der Waals surface area contributed by atoms with Gasteiger partial charge in [0.15, 0.2) is 5.65 Å². The molecule has 0 unspecified atom stereocenters. The molecule has 2 aliphatic rings. The fraction of sp³-hybridized carbons (Fsp3) is 0.500. The van der Waals surface area contributed by atoms with E-state index in [1.54, 1.807) is 16.8 Å². The monoisotopic (exact) mass is 421 g/mol. The van der Waals surface area contributed by atoms with Gasteiger partial charge in [-0.2, -0.15) is 24.8 Å². The molecule has 160 valence electrons. The highest BCUT2D eigenvalue weighted by Gasteiger charge is 2.26. The second-order valence-corrected chi connectivity index (χ2v) is 8.04. The Bertz CT molecular complexity index is 1320. The quantitative estimate of drug-likeness (QED) is 0.511. The number of nitrogens with one attached hydrogen (secondary N) is 2. The molecule has 0 bridgehead atoms. The van der Waals surface area contributed by atoms with Gasteiger partial charge in [0.25, 0.3) is 5.62 Å². The lowest BCUT2D eigenvalue weighted by molar-refractivity contribution is 0.454. The number of aromatic nitrogens is 6. The van der Waals surface area contributed by atoms with Crippen molar-refractivity contribution in [2.24, 2.45) is 4.99 Å². The molecular formula is C20H23N9O2. The van der Waals surface area contributed by atoms with E-state index in [1.807, 2.05) is 0 Å². The van der Waals surface area contributed by atoms with Crippen LogP contribution >= 0.6 is 0 Å². The van der Waals surface area contributed by atoms with Gasteiger partial charge >= 0.3 is 5.69 Å². The highest BCUT2D eigenvalue weighted by atomic mass is 16.3. The van der Waals surface area contributed by atoms with Crippen molar-refractivity contribution < 1.29 is 5.11 Å². The fourth-order valence-corrected chi connectivity index (χ4v) is 4.03. The van der Waals surface area contributed by atoms with E-state index in [0.717, 1.165) is 38.5 Å². The van der Waals surface area contributed by atoms with E-state index in [0.29, 0.717) is 41.4 Å². The second-order valence-electron chi connectivity index (χ2n) is 8.04. The number of hydrogen-bond donors (Lipinski definition) is 3. The number of rotatable bonds is 6. The van der Waals surface area contributed by atoms with Gasteiger partial charge in [-0.3, -0.25) is 4.98 Å². The zero-order valence-corrected chi connectivity index (χ0v) is 17.0. The number of aromatic amines is 2. The van der Waals surface area contributed by atoms with Gasteiger partial charge in [0.1, 0.15) is 5.69 Å². The summed E-state index contributed by atoms with van der Waals surface area (Å²) in [7, 11) is 0. The van der Waals surface area contributed by atoms with Crippen molar-refractivity contribution in [1.82, 2.24) is 29.5 Å². The van der Waals surface area contributed by atoms with Gasteiger partial charge < -0.3 is 15.0 Å². The minimum absolute atomic E-state index is 0.242. The van der Waals surface area contributed by atoms with Gasteiger partial charge in [-0.1, -0.05) is 12.8 Å². The molecule has 2 saturated carbocycles. The van der Waals surface area contributed by atoms with Crippen LogP contribution in [0.2, 0.25) is 0 Å². The molecule has 11 heteroatoms. The van der Waals surface area contributed by atoms with Crippen molar-refractivity contribution in [3.05, 3.63) is 33.2 Å². The normalized spacial score (nSPS) is 18.2. The zero-order chi connectivity index (χ0) is 21.4. The number of imidazole rings is 1. The van der Waals surface area contributed by atoms with Crippen LogP contribution in [0.1, 0.15) is 50.6 Å². The Morgan fingerprint density at radius 1 is 1.29 bits per heavy atom. The van der Waals surface area contributed by atoms with Crippen molar-refractivity contribution in [2.75, 3.05) is 11.4 Å². The third-order valence-electron chi connectivity index (χ3n) is 5.73. The average molecular weight is 421 g/mol. The lowest BCUT2D eigenvalue weighted by Gasteiger charge is -2.28. The molecule has 0 aromatic carbocycles. The molecule has 11 nitrogen and oxygen atoms in total. The number of fused-ring (bicyclic) bond motifs is 1. The molecule has 0 atom stereocenters. The molecule has 0 saturated heterocycles. The third-order valence-corrected chi connectivity index (χ3v) is 5.73. The van der Waals surface area contributed by atoms with E-state index >= 15 is 0 Å². The van der Waals surface area contributed by atoms with Crippen molar-refractivity contribution in [2.45, 2.75) is 57.0 Å². The molecule has 3 heterocycles. The Kier molecular flexibility index (Phi) is 4.89. The lowest BCUT2D eigenvalue weighted by Crippen LogP contribution is -2.38. The second kappa shape index (κ2) is 7.86. The van der Waals surface area contributed by atoms with Crippen molar-refractivity contribution in [3.63, 3.8) is 0 Å². The molecule has 2 aliphatic carbocycles. The van der Waals surface area contributed by atoms with Crippen LogP contribution in [0.15, 0.2) is 16.0 Å². The van der Waals surface area contributed by atoms with E-state index in [2.05, 4.69) is 26.0 Å². The molecule has 0 radical (unpaired) electrons. The molecule has 3 aromatic rings. The van der Waals surface area contributed by atoms with Gasteiger partial charge in [-0.15, -0.1) is 0 Å². The number of anilines is 1. The van der Waals surface area contributed by atoms with Crippen molar-refractivity contribution in [1.29, 1.82) is 5.26 Å². The minimum Gasteiger partial charge on any atom is -0.493 e. The van der Waals surface area contributed by atoms with Crippen molar-refractivity contribution in [3.8, 4) is 11.9 Å². The van der Waals surface area contributed by atoms with Gasteiger partial charge in [0.2, 0.25) is 11.8 Å². The molecule has 3 aromatic heterocycles. The van der Waals surface area contributed by atoms with Crippen LogP contribution < -0.4 is 21.4 Å². The van der Waals surface area contributed by atoms with Crippen LogP contribution in [0.25, 0.3) is 11.7 Å². The van der Waals surface area contributed by atoms with E-state index in [-0.39, 0.29) is 17.6 Å². The summed E-state index contributed by atoms with van der Waals surface area (Å²) in [4.78, 5) is 32.7. The molecule has 5 rings (SSSR count). The maximum Gasteiger partial charge on any atom is 0.326 e. The summed E-state index contributed by atoms with van der Waals surface area (Å²) in [6.45, 7) is 0.555. The number of H-pyrrole nitrogens is 2. The van der Waals surface area contributed by atoms with Crippen LogP contribution in [-0.4, -0.2) is 53.3 Å². The smallest absolute Gasteiger partial charge is 0.326 e. The van der Waals surface area contributed by atoms with Gasteiger partial charge in [-0.05, 0) is 31.8 Å². The molecule has 2 fully saturated rings. The van der Waals surface area contributed by atoms with E-state index in [9.17, 15) is 9.90 Å². The molecule has 0 aliphatic heterocycles. The Morgan fingerprint density at radius 2 is 2.10 bits per heavy atom. The number of hydrogen-bond acceptors (Lipinski definition) is 8. The molecule has 31 heavy (non-hydrogen) atoms. The topological polar surface area (TPSA) is 151 Å². The zero-order valence-electron chi connectivity index (χ0n) is 17.0. The van der Waals surface area contributed by atoms with Gasteiger partial charge in [0, 0.05) is 17.8 Å². The first-order chi connectivity index (χ1) is 15.1. The maximum atomic E-state index is 11.5. The summed E-state index contributed by atoms with van der Waals surface area (Å²) < 4.78 is 1.59. The van der Waals surface area contributed by atoms with Crippen LogP contribution in [0.4, 0.5) is 5.95 Å². The molecule has 0 spiro atoms. The fourth-order valence-electron chi connectivity index (χ4n) is 4.03. The number of nitriles is 1. The Morgan fingerprint density at radius 3 is 2.77 bits per heavy atom. The standard InChI is InChI=1S/C20H23N9O2/c21-8-3-9-28(14-4-1-2-5-14)18-25-16-12(10-15-17(30)26-20(31)24-15)11-22-29(16)19(27-18)23-13-6-7-13/h10-11,13-14,30H,1-7,9H2,(H2,24,26,31)/b12-10+,23-19?. The minimum atomic E-state index is -0.496. The van der Waals surface area contributed by atoms with Crippen molar-refractivity contribution >= 4 is 17.7 Å². The molecular weight excluding hydrogens is 398 g/mol. The number of aromatic hydroxyl groups is 1. The molecule has 0 amide bonds.